The van der Waals surface area contributed by atoms with Crippen LogP contribution in [-0.4, -0.2) is 37.2 Å². The summed E-state index contributed by atoms with van der Waals surface area (Å²) in [6.45, 7) is 2.71. The summed E-state index contributed by atoms with van der Waals surface area (Å²) in [5.74, 6) is -1.47. The summed E-state index contributed by atoms with van der Waals surface area (Å²) in [6.07, 6.45) is -0.266. The van der Waals surface area contributed by atoms with E-state index in [9.17, 15) is 14.4 Å². The average molecular weight is 295 g/mol. The molecule has 0 saturated carbocycles. The number of benzene rings is 1. The molecule has 1 aromatic carbocycles. The Bertz CT molecular complexity index is 509. The maximum Gasteiger partial charge on any atom is 0.344 e. The van der Waals surface area contributed by atoms with Gasteiger partial charge in [-0.1, -0.05) is 0 Å². The van der Waals surface area contributed by atoms with E-state index in [-0.39, 0.29) is 18.3 Å². The summed E-state index contributed by atoms with van der Waals surface area (Å²) in [5.41, 5.74) is 5.19. The van der Waals surface area contributed by atoms with E-state index in [0.717, 1.165) is 0 Å². The van der Waals surface area contributed by atoms with Gasteiger partial charge in [0.05, 0.1) is 11.7 Å². The van der Waals surface area contributed by atoms with Crippen LogP contribution in [0.1, 0.15) is 24.2 Å². The fourth-order valence-electron chi connectivity index (χ4n) is 1.35. The van der Waals surface area contributed by atoms with Gasteiger partial charge in [-0.2, -0.15) is 0 Å². The maximum atomic E-state index is 11.7. The molecule has 7 heteroatoms. The van der Waals surface area contributed by atoms with Gasteiger partial charge in [0.25, 0.3) is 5.91 Å². The van der Waals surface area contributed by atoms with Gasteiger partial charge < -0.3 is 19.9 Å². The maximum absolute atomic E-state index is 11.7. The summed E-state index contributed by atoms with van der Waals surface area (Å²) < 4.78 is 14.7. The van der Waals surface area contributed by atoms with Crippen LogP contribution in [0.2, 0.25) is 0 Å². The Morgan fingerprint density at radius 2 is 1.71 bits per heavy atom. The van der Waals surface area contributed by atoms with E-state index in [4.69, 9.17) is 19.9 Å². The Balaban J connectivity index is 2.47. The molecule has 1 rings (SSSR count). The molecule has 0 aliphatic rings. The highest BCUT2D eigenvalue weighted by molar-refractivity contribution is 5.90. The second kappa shape index (κ2) is 7.88. The lowest BCUT2D eigenvalue weighted by atomic mass is 10.2. The molecule has 1 amide bonds. The van der Waals surface area contributed by atoms with Gasteiger partial charge >= 0.3 is 11.9 Å². The molecule has 1 aromatic rings. The van der Waals surface area contributed by atoms with E-state index in [1.54, 1.807) is 13.8 Å². The predicted molar refractivity (Wildman–Crippen MR) is 72.6 cm³/mol. The molecule has 0 spiro atoms. The summed E-state index contributed by atoms with van der Waals surface area (Å²) in [6, 6.07) is 5.89. The third-order valence-electron chi connectivity index (χ3n) is 2.16. The number of nitrogens with two attached hydrogens (primary N) is 1. The van der Waals surface area contributed by atoms with Crippen molar-refractivity contribution in [2.45, 2.75) is 20.0 Å². The molecular weight excluding hydrogens is 278 g/mol. The molecular formula is C14H17NO6. The molecule has 0 bridgehead atoms. The Hall–Kier alpha value is -2.57. The number of carbonyl (C=O) groups excluding carboxylic acids is 3. The highest BCUT2D eigenvalue weighted by atomic mass is 16.6. The third-order valence-corrected chi connectivity index (χ3v) is 2.16. The fourth-order valence-corrected chi connectivity index (χ4v) is 1.35. The van der Waals surface area contributed by atoms with Crippen molar-refractivity contribution < 1.29 is 28.6 Å². The predicted octanol–water partition coefficient (Wildman–Crippen LogP) is 0.659. The van der Waals surface area contributed by atoms with Crippen molar-refractivity contribution in [2.24, 2.45) is 5.73 Å². The number of esters is 2. The van der Waals surface area contributed by atoms with Crippen molar-refractivity contribution in [2.75, 3.05) is 13.2 Å². The van der Waals surface area contributed by atoms with Crippen LogP contribution >= 0.6 is 0 Å². The Kier molecular flexibility index (Phi) is 6.19. The molecule has 0 aliphatic heterocycles. The molecule has 0 radical (unpaired) electrons. The minimum Gasteiger partial charge on any atom is -0.484 e. The Morgan fingerprint density at radius 1 is 1.10 bits per heavy atom. The average Bonchev–Trinajstić information content (AvgIpc) is 2.42. The zero-order valence-corrected chi connectivity index (χ0v) is 11.8. The lowest BCUT2D eigenvalue weighted by Gasteiger charge is -2.08. The second-order valence-electron chi connectivity index (χ2n) is 4.39. The van der Waals surface area contributed by atoms with E-state index < -0.39 is 24.5 Å². The molecule has 0 saturated heterocycles. The van der Waals surface area contributed by atoms with Gasteiger partial charge in [0.2, 0.25) is 0 Å². The molecule has 114 valence electrons. The molecule has 21 heavy (non-hydrogen) atoms. The van der Waals surface area contributed by atoms with Crippen LogP contribution in [0.5, 0.6) is 5.75 Å². The van der Waals surface area contributed by atoms with E-state index in [1.165, 1.54) is 24.3 Å². The van der Waals surface area contributed by atoms with Gasteiger partial charge in [0.15, 0.2) is 13.2 Å². The first-order valence-corrected chi connectivity index (χ1v) is 6.26. The topological polar surface area (TPSA) is 105 Å². The van der Waals surface area contributed by atoms with Crippen molar-refractivity contribution in [3.63, 3.8) is 0 Å². The molecule has 0 aromatic heterocycles. The second-order valence-corrected chi connectivity index (χ2v) is 4.39. The monoisotopic (exact) mass is 295 g/mol. The smallest absolute Gasteiger partial charge is 0.344 e. The zero-order chi connectivity index (χ0) is 15.8. The molecule has 2 N–H and O–H groups in total. The minimum atomic E-state index is -0.655. The molecule has 0 atom stereocenters. The number of carbonyl (C=O) groups is 3. The molecule has 0 fully saturated rings. The van der Waals surface area contributed by atoms with E-state index in [0.29, 0.717) is 5.75 Å². The minimum absolute atomic E-state index is 0.245. The Labute approximate surface area is 122 Å². The normalized spacial score (nSPS) is 10.0. The number of hydrogen-bond acceptors (Lipinski definition) is 6. The van der Waals surface area contributed by atoms with Crippen LogP contribution in [0.15, 0.2) is 24.3 Å². The van der Waals surface area contributed by atoms with E-state index in [2.05, 4.69) is 0 Å². The van der Waals surface area contributed by atoms with Gasteiger partial charge in [-0.25, -0.2) is 9.59 Å². The van der Waals surface area contributed by atoms with E-state index in [1.807, 2.05) is 0 Å². The zero-order valence-electron chi connectivity index (χ0n) is 11.8. The van der Waals surface area contributed by atoms with E-state index >= 15 is 0 Å². The van der Waals surface area contributed by atoms with Crippen molar-refractivity contribution in [3.05, 3.63) is 29.8 Å². The van der Waals surface area contributed by atoms with Crippen LogP contribution in [0.25, 0.3) is 0 Å². The first-order valence-electron chi connectivity index (χ1n) is 6.26. The van der Waals surface area contributed by atoms with Crippen molar-refractivity contribution in [1.82, 2.24) is 0 Å². The van der Waals surface area contributed by atoms with Crippen LogP contribution < -0.4 is 10.5 Å². The van der Waals surface area contributed by atoms with Crippen LogP contribution in [0.4, 0.5) is 0 Å². The molecule has 0 aliphatic carbocycles. The summed E-state index contributed by atoms with van der Waals surface area (Å²) in [4.78, 5) is 33.4. The highest BCUT2D eigenvalue weighted by Crippen LogP contribution is 2.12. The Morgan fingerprint density at radius 3 is 2.24 bits per heavy atom. The lowest BCUT2D eigenvalue weighted by molar-refractivity contribution is -0.151. The molecule has 0 unspecified atom stereocenters. The fraction of sp³-hybridized carbons (Fsp3) is 0.357. The number of amides is 1. The molecule has 0 heterocycles. The van der Waals surface area contributed by atoms with Crippen LogP contribution in [-0.2, 0) is 19.1 Å². The van der Waals surface area contributed by atoms with Gasteiger partial charge in [-0.3, -0.25) is 4.79 Å². The van der Waals surface area contributed by atoms with Gasteiger partial charge in [0, 0.05) is 0 Å². The van der Waals surface area contributed by atoms with Crippen molar-refractivity contribution in [3.8, 4) is 5.75 Å². The number of rotatable bonds is 7. The van der Waals surface area contributed by atoms with Gasteiger partial charge in [-0.05, 0) is 38.1 Å². The van der Waals surface area contributed by atoms with Gasteiger partial charge in [0.1, 0.15) is 5.75 Å². The van der Waals surface area contributed by atoms with Gasteiger partial charge in [-0.15, -0.1) is 0 Å². The number of primary amides is 1. The largest absolute Gasteiger partial charge is 0.484 e. The first-order chi connectivity index (χ1) is 9.88. The van der Waals surface area contributed by atoms with Crippen LogP contribution in [0, 0.1) is 0 Å². The third kappa shape index (κ3) is 6.42. The van der Waals surface area contributed by atoms with Crippen molar-refractivity contribution in [1.29, 1.82) is 0 Å². The quantitative estimate of drug-likeness (QED) is 0.741. The standard InChI is InChI=1S/C14H17NO6/c1-9(2)21-13(17)8-20-14(18)10-3-5-11(6-4-10)19-7-12(15)16/h3-6,9H,7-8H2,1-2H3,(H2,15,16). The highest BCUT2D eigenvalue weighted by Gasteiger charge is 2.12. The number of ether oxygens (including phenoxy) is 3. The SMILES string of the molecule is CC(C)OC(=O)COC(=O)c1ccc(OCC(N)=O)cc1. The summed E-state index contributed by atoms with van der Waals surface area (Å²) >= 11 is 0. The number of hydrogen-bond donors (Lipinski definition) is 1. The van der Waals surface area contributed by atoms with Crippen molar-refractivity contribution >= 4 is 17.8 Å². The molecule has 7 nitrogen and oxygen atoms in total. The summed E-state index contributed by atoms with van der Waals surface area (Å²) in [7, 11) is 0. The van der Waals surface area contributed by atoms with Crippen LogP contribution in [0.3, 0.4) is 0 Å². The summed E-state index contributed by atoms with van der Waals surface area (Å²) in [5, 5.41) is 0. The lowest BCUT2D eigenvalue weighted by Crippen LogP contribution is -2.20. The first kappa shape index (κ1) is 16.5.